The van der Waals surface area contributed by atoms with E-state index in [1.807, 2.05) is 12.1 Å². The largest absolute Gasteiger partial charge is 0.378 e. The van der Waals surface area contributed by atoms with E-state index in [9.17, 15) is 0 Å². The van der Waals surface area contributed by atoms with Gasteiger partial charge >= 0.3 is 5.65 Å². The van der Waals surface area contributed by atoms with Gasteiger partial charge in [-0.1, -0.05) is 58.2 Å². The SMILES string of the molecule is Cc1cc(/C=C/c2ccc(N(C)C)cc2)n2nc3ccccc3c2[n+]1-c1ccccc1.[O-][Cl+3]([O-])([O-])[O-]. The standard InChI is InChI=1S/C27H25N4.ClHO4/c1-20-19-24(18-15-21-13-16-22(17-14-21)29(2)3)31-27(25-11-7-8-12-26(25)28-31)30(20)23-9-5-4-6-10-23;2-1(3,4)5/h4-19H,1-3H3;(H,2,3,4,5)/q+1;/p-1. The Morgan fingerprint density at radius 3 is 2.08 bits per heavy atom. The van der Waals surface area contributed by atoms with E-state index in [0.29, 0.717) is 0 Å². The topological polar surface area (TPSA) is 117 Å². The van der Waals surface area contributed by atoms with Gasteiger partial charge in [0.1, 0.15) is 16.9 Å². The summed E-state index contributed by atoms with van der Waals surface area (Å²) >= 11 is 0. The van der Waals surface area contributed by atoms with Crippen molar-refractivity contribution in [3.8, 4) is 5.69 Å². The van der Waals surface area contributed by atoms with Crippen molar-refractivity contribution in [1.29, 1.82) is 0 Å². The number of rotatable bonds is 4. The average Bonchev–Trinajstić information content (AvgIpc) is 3.22. The summed E-state index contributed by atoms with van der Waals surface area (Å²) in [6.45, 7) is 2.15. The van der Waals surface area contributed by atoms with Gasteiger partial charge in [-0.15, -0.1) is 10.2 Å². The monoisotopic (exact) mass is 504 g/mol. The molecule has 0 radical (unpaired) electrons. The normalized spacial score (nSPS) is 11.6. The van der Waals surface area contributed by atoms with E-state index in [1.54, 1.807) is 0 Å². The van der Waals surface area contributed by atoms with Crippen LogP contribution in [0.4, 0.5) is 5.69 Å². The van der Waals surface area contributed by atoms with E-state index in [4.69, 9.17) is 23.7 Å². The Morgan fingerprint density at radius 1 is 0.833 bits per heavy atom. The van der Waals surface area contributed by atoms with E-state index in [1.165, 1.54) is 5.69 Å². The molecular weight excluding hydrogens is 480 g/mol. The van der Waals surface area contributed by atoms with E-state index in [0.717, 1.165) is 39.2 Å². The summed E-state index contributed by atoms with van der Waals surface area (Å²) in [7, 11) is -0.836. The average molecular weight is 505 g/mol. The van der Waals surface area contributed by atoms with Crippen molar-refractivity contribution in [1.82, 2.24) is 9.61 Å². The first-order chi connectivity index (χ1) is 17.1. The van der Waals surface area contributed by atoms with Gasteiger partial charge in [-0.25, -0.2) is 18.6 Å². The molecule has 5 aromatic rings. The quantitative estimate of drug-likeness (QED) is 0.330. The number of benzene rings is 3. The maximum Gasteiger partial charge on any atom is 0.322 e. The van der Waals surface area contributed by atoms with Crippen LogP contribution in [0.2, 0.25) is 0 Å². The second kappa shape index (κ2) is 10.4. The van der Waals surface area contributed by atoms with Crippen LogP contribution in [-0.4, -0.2) is 23.7 Å². The predicted octanol–water partition coefficient (Wildman–Crippen LogP) is 0.553. The summed E-state index contributed by atoms with van der Waals surface area (Å²) in [5.41, 5.74) is 7.75. The second-order valence-electron chi connectivity index (χ2n) is 8.33. The van der Waals surface area contributed by atoms with Gasteiger partial charge in [0.15, 0.2) is 5.69 Å². The molecule has 0 atom stereocenters. The Balaban J connectivity index is 0.000000556. The first-order valence-electron chi connectivity index (χ1n) is 11.1. The highest BCUT2D eigenvalue weighted by atomic mass is 35.7. The zero-order valence-corrected chi connectivity index (χ0v) is 20.8. The fourth-order valence-electron chi connectivity index (χ4n) is 4.01. The van der Waals surface area contributed by atoms with Crippen LogP contribution in [0.15, 0.2) is 84.9 Å². The third-order valence-corrected chi connectivity index (χ3v) is 5.59. The van der Waals surface area contributed by atoms with E-state index < -0.39 is 10.2 Å². The molecule has 0 spiro atoms. The molecule has 5 rings (SSSR count). The van der Waals surface area contributed by atoms with Crippen molar-refractivity contribution in [2.45, 2.75) is 6.92 Å². The predicted molar refractivity (Wildman–Crippen MR) is 129 cm³/mol. The van der Waals surface area contributed by atoms with Gasteiger partial charge in [0.05, 0.1) is 5.39 Å². The van der Waals surface area contributed by atoms with Crippen molar-refractivity contribution in [2.24, 2.45) is 0 Å². The third kappa shape index (κ3) is 5.88. The molecule has 0 unspecified atom stereocenters. The van der Waals surface area contributed by atoms with E-state index in [-0.39, 0.29) is 0 Å². The first kappa shape index (κ1) is 25.3. The zero-order valence-electron chi connectivity index (χ0n) is 20.0. The molecule has 9 heteroatoms. The lowest BCUT2D eigenvalue weighted by atomic mass is 10.1. The van der Waals surface area contributed by atoms with Crippen LogP contribution in [-0.2, 0) is 0 Å². The highest BCUT2D eigenvalue weighted by Crippen LogP contribution is 2.22. The fraction of sp³-hybridized carbons (Fsp3) is 0.111. The van der Waals surface area contributed by atoms with Gasteiger partial charge in [0.2, 0.25) is 0 Å². The lowest BCUT2D eigenvalue weighted by molar-refractivity contribution is -2.00. The van der Waals surface area contributed by atoms with Crippen LogP contribution in [0.25, 0.3) is 34.4 Å². The Labute approximate surface area is 211 Å². The van der Waals surface area contributed by atoms with Crippen LogP contribution in [0, 0.1) is 17.2 Å². The number of aromatic nitrogens is 3. The molecule has 8 nitrogen and oxygen atoms in total. The van der Waals surface area contributed by atoms with Gasteiger partial charge in [0, 0.05) is 25.8 Å². The molecule has 0 saturated carbocycles. The molecule has 0 aliphatic heterocycles. The Bertz CT molecular complexity index is 1500. The maximum atomic E-state index is 8.49. The number of para-hydroxylation sites is 1. The Morgan fingerprint density at radius 2 is 1.44 bits per heavy atom. The van der Waals surface area contributed by atoms with Crippen LogP contribution in [0.3, 0.4) is 0 Å². The lowest BCUT2D eigenvalue weighted by Crippen LogP contribution is -2.68. The molecule has 184 valence electrons. The smallest absolute Gasteiger partial charge is 0.322 e. The molecule has 0 amide bonds. The molecule has 0 N–H and O–H groups in total. The highest BCUT2D eigenvalue weighted by Gasteiger charge is 2.22. The molecule has 36 heavy (non-hydrogen) atoms. The minimum absolute atomic E-state index is 0.989. The second-order valence-corrected chi connectivity index (χ2v) is 9.09. The summed E-state index contributed by atoms with van der Waals surface area (Å²) < 4.78 is 38.3. The summed E-state index contributed by atoms with van der Waals surface area (Å²) in [5.74, 6) is 0. The van der Waals surface area contributed by atoms with E-state index >= 15 is 0 Å². The number of aryl methyl sites for hydroxylation is 1. The van der Waals surface area contributed by atoms with Crippen LogP contribution in [0.1, 0.15) is 17.0 Å². The van der Waals surface area contributed by atoms with Gasteiger partial charge in [0.25, 0.3) is 0 Å². The minimum atomic E-state index is -4.94. The number of halogens is 1. The number of hydrogen-bond donors (Lipinski definition) is 0. The molecule has 0 fully saturated rings. The number of nitrogens with zero attached hydrogens (tertiary/aromatic N) is 4. The lowest BCUT2D eigenvalue weighted by Gasteiger charge is -2.17. The minimum Gasteiger partial charge on any atom is -0.378 e. The van der Waals surface area contributed by atoms with Gasteiger partial charge in [-0.2, -0.15) is 4.57 Å². The van der Waals surface area contributed by atoms with Crippen molar-refractivity contribution >= 4 is 34.4 Å². The van der Waals surface area contributed by atoms with Crippen LogP contribution in [0.5, 0.6) is 0 Å². The maximum absolute atomic E-state index is 8.49. The van der Waals surface area contributed by atoms with Crippen LogP contribution >= 0.6 is 0 Å². The number of hydrogen-bond acceptors (Lipinski definition) is 6. The Hall–Kier alpha value is -3.79. The van der Waals surface area contributed by atoms with Crippen LogP contribution < -0.4 is 28.1 Å². The number of fused-ring (bicyclic) bond motifs is 3. The van der Waals surface area contributed by atoms with E-state index in [2.05, 4.69) is 120 Å². The van der Waals surface area contributed by atoms with Crippen molar-refractivity contribution in [3.05, 3.63) is 102 Å². The summed E-state index contributed by atoms with van der Waals surface area (Å²) in [6, 6.07) is 29.5. The number of anilines is 1. The molecular formula is C27H25ClN4O4. The van der Waals surface area contributed by atoms with Crippen molar-refractivity contribution < 1.29 is 33.4 Å². The summed E-state index contributed by atoms with van der Waals surface area (Å²) in [5, 5.41) is 6.07. The molecule has 0 saturated heterocycles. The highest BCUT2D eigenvalue weighted by molar-refractivity contribution is 5.91. The molecule has 0 aliphatic carbocycles. The summed E-state index contributed by atoms with van der Waals surface area (Å²) in [4.78, 5) is 2.11. The molecule has 0 bridgehead atoms. The molecule has 2 aromatic heterocycles. The van der Waals surface area contributed by atoms with Crippen molar-refractivity contribution in [3.63, 3.8) is 0 Å². The molecule has 3 aromatic carbocycles. The zero-order chi connectivity index (χ0) is 25.9. The van der Waals surface area contributed by atoms with Gasteiger partial charge in [-0.3, -0.25) is 0 Å². The van der Waals surface area contributed by atoms with Gasteiger partial charge < -0.3 is 4.90 Å². The van der Waals surface area contributed by atoms with Gasteiger partial charge in [-0.05, 0) is 55.0 Å². The molecule has 2 heterocycles. The third-order valence-electron chi connectivity index (χ3n) is 5.59. The van der Waals surface area contributed by atoms with Crippen molar-refractivity contribution in [2.75, 3.05) is 19.0 Å². The summed E-state index contributed by atoms with van der Waals surface area (Å²) in [6.07, 6.45) is 4.29. The first-order valence-corrected chi connectivity index (χ1v) is 12.3. The fourth-order valence-corrected chi connectivity index (χ4v) is 4.01. The molecule has 0 aliphatic rings. The Kier molecular flexibility index (Phi) is 7.35.